The Kier molecular flexibility index (Phi) is 3.63. The van der Waals surface area contributed by atoms with E-state index in [9.17, 15) is 9.59 Å². The number of amides is 1. The molecule has 0 aliphatic carbocycles. The predicted octanol–water partition coefficient (Wildman–Crippen LogP) is 2.06. The van der Waals surface area contributed by atoms with E-state index in [-0.39, 0.29) is 35.9 Å². The lowest BCUT2D eigenvalue weighted by Crippen LogP contribution is -2.56. The zero-order valence-corrected chi connectivity index (χ0v) is 15.6. The van der Waals surface area contributed by atoms with Gasteiger partial charge in [-0.25, -0.2) is 4.79 Å². The van der Waals surface area contributed by atoms with Crippen LogP contribution in [0, 0.1) is 11.8 Å². The molecule has 1 unspecified atom stereocenters. The molecule has 2 saturated heterocycles. The fraction of sp³-hybridized carbons (Fsp3) is 0.524. The smallest absolute Gasteiger partial charge is 0.337 e. The first-order valence-corrected chi connectivity index (χ1v) is 9.65. The summed E-state index contributed by atoms with van der Waals surface area (Å²) in [6.45, 7) is 3.79. The van der Waals surface area contributed by atoms with Gasteiger partial charge in [-0.1, -0.05) is 18.2 Å². The Balaban J connectivity index is 1.55. The second-order valence-electron chi connectivity index (χ2n) is 8.14. The van der Waals surface area contributed by atoms with Crippen molar-refractivity contribution < 1.29 is 19.1 Å². The summed E-state index contributed by atoms with van der Waals surface area (Å²) in [4.78, 5) is 27.9. The van der Waals surface area contributed by atoms with Crippen molar-refractivity contribution in [1.29, 1.82) is 0 Å². The second-order valence-corrected chi connectivity index (χ2v) is 8.14. The third kappa shape index (κ3) is 2.16. The van der Waals surface area contributed by atoms with Gasteiger partial charge in [0.05, 0.1) is 30.5 Å². The van der Waals surface area contributed by atoms with Crippen LogP contribution >= 0.6 is 0 Å². The van der Waals surface area contributed by atoms with Crippen molar-refractivity contribution in [2.45, 2.75) is 37.3 Å². The van der Waals surface area contributed by atoms with E-state index in [4.69, 9.17) is 9.47 Å². The third-order valence-electron chi connectivity index (χ3n) is 7.14. The Labute approximate surface area is 158 Å². The highest BCUT2D eigenvalue weighted by Crippen LogP contribution is 2.53. The summed E-state index contributed by atoms with van der Waals surface area (Å²) in [7, 11) is 1.41. The third-order valence-corrected chi connectivity index (χ3v) is 7.14. The van der Waals surface area contributed by atoms with Crippen molar-refractivity contribution in [3.8, 4) is 0 Å². The minimum absolute atomic E-state index is 0.0468. The lowest BCUT2D eigenvalue weighted by molar-refractivity contribution is -0.139. The molecule has 1 N–H and O–H groups in total. The van der Waals surface area contributed by atoms with Crippen molar-refractivity contribution in [3.05, 3.63) is 41.7 Å². The maximum absolute atomic E-state index is 13.1. The molecular formula is C21H24N2O4. The minimum Gasteiger partial charge on any atom is -0.497 e. The average molecular weight is 368 g/mol. The Hall–Kier alpha value is -2.34. The van der Waals surface area contributed by atoms with Crippen LogP contribution in [0.15, 0.2) is 36.1 Å². The molecule has 1 aromatic rings. The van der Waals surface area contributed by atoms with Gasteiger partial charge in [0.15, 0.2) is 0 Å². The quantitative estimate of drug-likeness (QED) is 0.769. The highest BCUT2D eigenvalue weighted by atomic mass is 16.5. The number of nitrogens with one attached hydrogen (secondary N) is 1. The first kappa shape index (κ1) is 16.8. The molecule has 0 saturated carbocycles. The van der Waals surface area contributed by atoms with Crippen LogP contribution in [-0.2, 0) is 24.5 Å². The van der Waals surface area contributed by atoms with Crippen LogP contribution in [0.1, 0.15) is 25.3 Å². The Bertz CT molecular complexity index is 850. The number of ether oxygens (including phenoxy) is 2. The topological polar surface area (TPSA) is 67.9 Å². The van der Waals surface area contributed by atoms with Crippen molar-refractivity contribution >= 4 is 17.6 Å². The molecule has 0 bridgehead atoms. The summed E-state index contributed by atoms with van der Waals surface area (Å²) in [5.74, 6) is 0.0558. The SMILES string of the molecule is COC(=O)C1=COC(C)[C@@H]2CN3CC[C@@]4(C(=O)Nc5ccccc54)[C@@H]3C[C@H]12. The molecule has 5 rings (SSSR count). The minimum atomic E-state index is -0.523. The van der Waals surface area contributed by atoms with Gasteiger partial charge in [-0.3, -0.25) is 9.69 Å². The van der Waals surface area contributed by atoms with Crippen LogP contribution in [0.2, 0.25) is 0 Å². The molecule has 1 amide bonds. The highest BCUT2D eigenvalue weighted by Gasteiger charge is 2.61. The summed E-state index contributed by atoms with van der Waals surface area (Å²) in [6.07, 6.45) is 3.20. The van der Waals surface area contributed by atoms with Crippen molar-refractivity contribution in [2.24, 2.45) is 11.8 Å². The first-order valence-electron chi connectivity index (χ1n) is 9.65. The summed E-state index contributed by atoms with van der Waals surface area (Å²) in [5, 5.41) is 3.09. The van der Waals surface area contributed by atoms with E-state index in [0.29, 0.717) is 5.57 Å². The Morgan fingerprint density at radius 2 is 2.19 bits per heavy atom. The van der Waals surface area contributed by atoms with Gasteiger partial charge >= 0.3 is 5.97 Å². The zero-order chi connectivity index (χ0) is 18.8. The van der Waals surface area contributed by atoms with Crippen LogP contribution < -0.4 is 5.32 Å². The van der Waals surface area contributed by atoms with Gasteiger partial charge in [-0.15, -0.1) is 0 Å². The molecule has 27 heavy (non-hydrogen) atoms. The number of carbonyl (C=O) groups excluding carboxylic acids is 2. The summed E-state index contributed by atoms with van der Waals surface area (Å²) in [6, 6.07) is 8.10. The van der Waals surface area contributed by atoms with Crippen LogP contribution in [-0.4, -0.2) is 49.1 Å². The number of methoxy groups -OCH3 is 1. The van der Waals surface area contributed by atoms with E-state index in [1.807, 2.05) is 18.2 Å². The van der Waals surface area contributed by atoms with E-state index in [2.05, 4.69) is 23.2 Å². The molecule has 0 radical (unpaired) electrons. The van der Waals surface area contributed by atoms with Crippen molar-refractivity contribution in [3.63, 3.8) is 0 Å². The van der Waals surface area contributed by atoms with Gasteiger partial charge < -0.3 is 14.8 Å². The van der Waals surface area contributed by atoms with E-state index in [1.54, 1.807) is 6.26 Å². The molecule has 1 spiro atoms. The lowest BCUT2D eigenvalue weighted by atomic mass is 9.66. The van der Waals surface area contributed by atoms with Crippen LogP contribution in [0.25, 0.3) is 0 Å². The molecule has 0 aromatic heterocycles. The number of piperidine rings is 1. The number of fused-ring (bicyclic) bond motifs is 5. The van der Waals surface area contributed by atoms with Gasteiger partial charge in [-0.2, -0.15) is 0 Å². The van der Waals surface area contributed by atoms with Gasteiger partial charge in [0.25, 0.3) is 0 Å². The number of carbonyl (C=O) groups is 2. The zero-order valence-electron chi connectivity index (χ0n) is 15.6. The van der Waals surface area contributed by atoms with E-state index in [0.717, 1.165) is 37.2 Å². The number of nitrogens with zero attached hydrogens (tertiary/aromatic N) is 1. The van der Waals surface area contributed by atoms with Gasteiger partial charge in [0.1, 0.15) is 0 Å². The second kappa shape index (κ2) is 5.83. The van der Waals surface area contributed by atoms with E-state index in [1.165, 1.54) is 7.11 Å². The molecule has 2 fully saturated rings. The van der Waals surface area contributed by atoms with Gasteiger partial charge in [0, 0.05) is 30.1 Å². The van der Waals surface area contributed by atoms with Crippen LogP contribution in [0.3, 0.4) is 0 Å². The predicted molar refractivity (Wildman–Crippen MR) is 99.0 cm³/mol. The summed E-state index contributed by atoms with van der Waals surface area (Å²) >= 11 is 0. The molecular weight excluding hydrogens is 344 g/mol. The van der Waals surface area contributed by atoms with E-state index < -0.39 is 5.41 Å². The Morgan fingerprint density at radius 3 is 3.00 bits per heavy atom. The monoisotopic (exact) mass is 368 g/mol. The van der Waals surface area contributed by atoms with Crippen molar-refractivity contribution in [2.75, 3.05) is 25.5 Å². The van der Waals surface area contributed by atoms with Gasteiger partial charge in [-0.05, 0) is 37.9 Å². The number of hydrogen-bond acceptors (Lipinski definition) is 5. The number of benzene rings is 1. The Morgan fingerprint density at radius 1 is 1.37 bits per heavy atom. The molecule has 142 valence electrons. The largest absolute Gasteiger partial charge is 0.497 e. The molecule has 4 aliphatic heterocycles. The maximum Gasteiger partial charge on any atom is 0.337 e. The maximum atomic E-state index is 13.1. The first-order chi connectivity index (χ1) is 13.1. The number of anilines is 1. The lowest BCUT2D eigenvalue weighted by Gasteiger charge is -2.48. The van der Waals surface area contributed by atoms with Crippen LogP contribution in [0.4, 0.5) is 5.69 Å². The standard InChI is InChI=1S/C21H24N2O4/c1-12-14-10-23-8-7-21(16-5-3-4-6-17(16)22-20(21)25)18(23)9-13(14)15(11-27-12)19(24)26-2/h3-6,11-14,18H,7-10H2,1-2H3,(H,22,25)/t12?,13-,14-,18-,21-/m0/s1. The van der Waals surface area contributed by atoms with Crippen LogP contribution in [0.5, 0.6) is 0 Å². The number of rotatable bonds is 1. The highest BCUT2D eigenvalue weighted by molar-refractivity contribution is 6.07. The number of hydrogen-bond donors (Lipinski definition) is 1. The summed E-state index contributed by atoms with van der Waals surface area (Å²) < 4.78 is 10.8. The fourth-order valence-electron chi connectivity index (χ4n) is 5.77. The molecule has 1 aromatic carbocycles. The molecule has 5 atom stereocenters. The van der Waals surface area contributed by atoms with E-state index >= 15 is 0 Å². The fourth-order valence-corrected chi connectivity index (χ4v) is 5.77. The average Bonchev–Trinajstić information content (AvgIpc) is 3.20. The van der Waals surface area contributed by atoms with Gasteiger partial charge in [0.2, 0.25) is 5.91 Å². The molecule has 6 nitrogen and oxygen atoms in total. The molecule has 4 heterocycles. The summed E-state index contributed by atoms with van der Waals surface area (Å²) in [5.41, 5.74) is 2.11. The number of para-hydroxylation sites is 1. The molecule has 6 heteroatoms. The normalized spacial score (nSPS) is 37.0. The number of esters is 1. The van der Waals surface area contributed by atoms with Crippen molar-refractivity contribution in [1.82, 2.24) is 4.90 Å². The molecule has 4 aliphatic rings.